The summed E-state index contributed by atoms with van der Waals surface area (Å²) in [7, 11) is 1.58. The van der Waals surface area contributed by atoms with Crippen LogP contribution in [-0.2, 0) is 4.79 Å². The lowest BCUT2D eigenvalue weighted by atomic mass is 10.1. The first-order valence-electron chi connectivity index (χ1n) is 13.3. The zero-order valence-corrected chi connectivity index (χ0v) is 24.8. The molecule has 2 amide bonds. The SMILES string of the molecule is COc1cc(/C=C2\SC(=O)N(CCOc3cc(C)ccc3C)C2=O)ccc1OCCSc1cccc2ccccc12. The van der Waals surface area contributed by atoms with Gasteiger partial charge in [0.05, 0.1) is 25.2 Å². The van der Waals surface area contributed by atoms with E-state index in [0.717, 1.165) is 40.0 Å². The van der Waals surface area contributed by atoms with Crippen LogP contribution < -0.4 is 14.2 Å². The molecule has 4 aromatic carbocycles. The number of ether oxygens (including phenoxy) is 3. The Labute approximate surface area is 248 Å². The Bertz CT molecular complexity index is 1610. The van der Waals surface area contributed by atoms with Gasteiger partial charge in [0.15, 0.2) is 11.5 Å². The maximum atomic E-state index is 13.0. The molecule has 210 valence electrons. The highest BCUT2D eigenvalue weighted by molar-refractivity contribution is 8.18. The van der Waals surface area contributed by atoms with E-state index < -0.39 is 0 Å². The molecule has 1 heterocycles. The number of hydrogen-bond donors (Lipinski definition) is 0. The van der Waals surface area contributed by atoms with Crippen molar-refractivity contribution in [2.24, 2.45) is 0 Å². The van der Waals surface area contributed by atoms with E-state index in [1.54, 1.807) is 24.9 Å². The average Bonchev–Trinajstić information content (AvgIpc) is 3.24. The summed E-state index contributed by atoms with van der Waals surface area (Å²) in [6, 6.07) is 26.1. The van der Waals surface area contributed by atoms with E-state index in [0.29, 0.717) is 23.0 Å². The number of imide groups is 1. The second-order valence-electron chi connectivity index (χ2n) is 9.54. The molecule has 0 radical (unpaired) electrons. The Balaban J connectivity index is 1.17. The zero-order chi connectivity index (χ0) is 28.8. The summed E-state index contributed by atoms with van der Waals surface area (Å²) in [6.07, 6.45) is 1.71. The van der Waals surface area contributed by atoms with Gasteiger partial charge in [-0.3, -0.25) is 14.5 Å². The lowest BCUT2D eigenvalue weighted by Crippen LogP contribution is -2.32. The van der Waals surface area contributed by atoms with Crippen LogP contribution in [0.4, 0.5) is 4.79 Å². The molecular weight excluding hydrogens is 554 g/mol. The Hall–Kier alpha value is -3.88. The van der Waals surface area contributed by atoms with E-state index in [9.17, 15) is 9.59 Å². The molecule has 4 aromatic rings. The number of hydrogen-bond acceptors (Lipinski definition) is 7. The number of amides is 2. The van der Waals surface area contributed by atoms with Crippen molar-refractivity contribution in [2.75, 3.05) is 32.6 Å². The van der Waals surface area contributed by atoms with Crippen LogP contribution in [0, 0.1) is 13.8 Å². The first-order chi connectivity index (χ1) is 19.9. The van der Waals surface area contributed by atoms with Crippen LogP contribution >= 0.6 is 23.5 Å². The van der Waals surface area contributed by atoms with Crippen molar-refractivity contribution in [3.05, 3.63) is 100 Å². The highest BCUT2D eigenvalue weighted by atomic mass is 32.2. The number of methoxy groups -OCH3 is 1. The van der Waals surface area contributed by atoms with Gasteiger partial charge in [-0.1, -0.05) is 54.6 Å². The molecule has 0 atom stereocenters. The lowest BCUT2D eigenvalue weighted by Gasteiger charge is -2.14. The lowest BCUT2D eigenvalue weighted by molar-refractivity contribution is -0.123. The van der Waals surface area contributed by atoms with E-state index in [4.69, 9.17) is 14.2 Å². The van der Waals surface area contributed by atoms with E-state index >= 15 is 0 Å². The molecule has 0 N–H and O–H groups in total. The molecular formula is C33H31NO5S2. The number of rotatable bonds is 11. The summed E-state index contributed by atoms with van der Waals surface area (Å²) in [5, 5.41) is 2.15. The minimum Gasteiger partial charge on any atom is -0.493 e. The Kier molecular flexibility index (Phi) is 9.21. The van der Waals surface area contributed by atoms with Gasteiger partial charge in [-0.05, 0) is 83.4 Å². The first kappa shape index (κ1) is 28.6. The maximum Gasteiger partial charge on any atom is 0.293 e. The monoisotopic (exact) mass is 585 g/mol. The number of benzene rings is 4. The molecule has 1 saturated heterocycles. The second kappa shape index (κ2) is 13.2. The summed E-state index contributed by atoms with van der Waals surface area (Å²) >= 11 is 2.68. The van der Waals surface area contributed by atoms with Crippen LogP contribution in [0.5, 0.6) is 17.2 Å². The zero-order valence-electron chi connectivity index (χ0n) is 23.2. The van der Waals surface area contributed by atoms with Gasteiger partial charge in [0.2, 0.25) is 0 Å². The fourth-order valence-corrected chi connectivity index (χ4v) is 6.24. The third kappa shape index (κ3) is 6.89. The summed E-state index contributed by atoms with van der Waals surface area (Å²) in [4.78, 5) is 28.4. The van der Waals surface area contributed by atoms with E-state index in [1.165, 1.54) is 20.6 Å². The summed E-state index contributed by atoms with van der Waals surface area (Å²) in [5.41, 5.74) is 2.84. The van der Waals surface area contributed by atoms with Gasteiger partial charge < -0.3 is 14.2 Å². The molecule has 5 rings (SSSR count). The largest absolute Gasteiger partial charge is 0.493 e. The molecule has 0 aromatic heterocycles. The molecule has 6 nitrogen and oxygen atoms in total. The van der Waals surface area contributed by atoms with Crippen molar-refractivity contribution in [2.45, 2.75) is 18.7 Å². The summed E-state index contributed by atoms with van der Waals surface area (Å²) < 4.78 is 17.4. The Morgan fingerprint density at radius 2 is 1.66 bits per heavy atom. The second-order valence-corrected chi connectivity index (χ2v) is 11.7. The molecule has 0 saturated carbocycles. The standard InChI is InChI=1S/C33H31NO5S2/c1-22-11-12-23(2)28(19-22)38-16-15-34-32(35)31(41-33(34)36)21-24-13-14-27(29(20-24)37-3)39-17-18-40-30-10-6-8-25-7-4-5-9-26(25)30/h4-14,19-21H,15-18H2,1-3H3/b31-21-. The number of nitrogens with zero attached hydrogens (tertiary/aromatic N) is 1. The fourth-order valence-electron chi connectivity index (χ4n) is 4.47. The van der Waals surface area contributed by atoms with Gasteiger partial charge in [0.25, 0.3) is 11.1 Å². The smallest absolute Gasteiger partial charge is 0.293 e. The molecule has 1 aliphatic rings. The highest BCUT2D eigenvalue weighted by Crippen LogP contribution is 2.35. The van der Waals surface area contributed by atoms with Crippen molar-refractivity contribution < 1.29 is 23.8 Å². The highest BCUT2D eigenvalue weighted by Gasteiger charge is 2.34. The van der Waals surface area contributed by atoms with E-state index in [-0.39, 0.29) is 24.3 Å². The number of fused-ring (bicyclic) bond motifs is 1. The van der Waals surface area contributed by atoms with Crippen LogP contribution in [-0.4, -0.2) is 48.7 Å². The van der Waals surface area contributed by atoms with Gasteiger partial charge in [0.1, 0.15) is 12.4 Å². The minimum absolute atomic E-state index is 0.183. The first-order valence-corrected chi connectivity index (χ1v) is 15.1. The Morgan fingerprint density at radius 3 is 2.51 bits per heavy atom. The molecule has 8 heteroatoms. The van der Waals surface area contributed by atoms with Crippen LogP contribution in [0.2, 0.25) is 0 Å². The Morgan fingerprint density at radius 1 is 0.854 bits per heavy atom. The molecule has 41 heavy (non-hydrogen) atoms. The van der Waals surface area contributed by atoms with Crippen molar-refractivity contribution in [3.63, 3.8) is 0 Å². The summed E-state index contributed by atoms with van der Waals surface area (Å²) in [5.74, 6) is 2.40. The van der Waals surface area contributed by atoms with Crippen LogP contribution in [0.15, 0.2) is 88.7 Å². The fraction of sp³-hybridized carbons (Fsp3) is 0.212. The normalized spacial score (nSPS) is 14.2. The number of carbonyl (C=O) groups is 2. The predicted molar refractivity (Wildman–Crippen MR) is 167 cm³/mol. The van der Waals surface area contributed by atoms with Crippen molar-refractivity contribution >= 4 is 51.5 Å². The van der Waals surface area contributed by atoms with Gasteiger partial charge in [0, 0.05) is 10.6 Å². The van der Waals surface area contributed by atoms with Crippen molar-refractivity contribution in [1.82, 2.24) is 4.90 Å². The summed E-state index contributed by atoms with van der Waals surface area (Å²) in [6.45, 7) is 4.88. The molecule has 0 bridgehead atoms. The topological polar surface area (TPSA) is 65.1 Å². The maximum absolute atomic E-state index is 13.0. The molecule has 0 spiro atoms. The predicted octanol–water partition coefficient (Wildman–Crippen LogP) is 7.75. The minimum atomic E-state index is -0.325. The van der Waals surface area contributed by atoms with E-state index in [1.807, 2.05) is 56.3 Å². The molecule has 1 aliphatic heterocycles. The van der Waals surface area contributed by atoms with Crippen molar-refractivity contribution in [3.8, 4) is 17.2 Å². The van der Waals surface area contributed by atoms with Gasteiger partial charge in [-0.15, -0.1) is 11.8 Å². The van der Waals surface area contributed by atoms with Gasteiger partial charge in [-0.2, -0.15) is 0 Å². The van der Waals surface area contributed by atoms with Crippen LogP contribution in [0.3, 0.4) is 0 Å². The molecule has 1 fully saturated rings. The number of thioether (sulfide) groups is 2. The van der Waals surface area contributed by atoms with Crippen LogP contribution in [0.1, 0.15) is 16.7 Å². The van der Waals surface area contributed by atoms with Gasteiger partial charge >= 0.3 is 0 Å². The number of carbonyl (C=O) groups excluding carboxylic acids is 2. The number of aryl methyl sites for hydroxylation is 2. The average molecular weight is 586 g/mol. The van der Waals surface area contributed by atoms with Crippen molar-refractivity contribution in [1.29, 1.82) is 0 Å². The molecule has 0 unspecified atom stereocenters. The third-order valence-corrected chi connectivity index (χ3v) is 8.57. The van der Waals surface area contributed by atoms with Gasteiger partial charge in [-0.25, -0.2) is 0 Å². The third-order valence-electron chi connectivity index (χ3n) is 6.62. The van der Waals surface area contributed by atoms with E-state index in [2.05, 4.69) is 36.4 Å². The molecule has 0 aliphatic carbocycles. The van der Waals surface area contributed by atoms with Crippen LogP contribution in [0.25, 0.3) is 16.8 Å². The quantitative estimate of drug-likeness (QED) is 0.101.